The van der Waals surface area contributed by atoms with E-state index in [4.69, 9.17) is 0 Å². The summed E-state index contributed by atoms with van der Waals surface area (Å²) in [5, 5.41) is 3.33. The normalized spacial score (nSPS) is 15.3. The van der Waals surface area contributed by atoms with E-state index in [1.807, 2.05) is 6.07 Å². The predicted octanol–water partition coefficient (Wildman–Crippen LogP) is 1.56. The van der Waals surface area contributed by atoms with E-state index in [0.717, 1.165) is 5.56 Å². The van der Waals surface area contributed by atoms with Crippen LogP contribution >= 0.6 is 0 Å². The summed E-state index contributed by atoms with van der Waals surface area (Å²) < 4.78 is 36.3. The lowest BCUT2D eigenvalue weighted by atomic mass is 10.2. The van der Waals surface area contributed by atoms with Crippen LogP contribution in [-0.4, -0.2) is 40.1 Å². The molecule has 1 fully saturated rings. The topological polar surface area (TPSA) is 49.4 Å². The van der Waals surface area contributed by atoms with E-state index in [9.17, 15) is 12.8 Å². The van der Waals surface area contributed by atoms with Gasteiger partial charge in [0, 0.05) is 32.4 Å². The molecule has 0 atom stereocenters. The minimum Gasteiger partial charge on any atom is -0.371 e. The minimum atomic E-state index is -3.03. The van der Waals surface area contributed by atoms with Gasteiger partial charge in [0.15, 0.2) is 0 Å². The number of nitrogens with zero attached hydrogens (tertiary/aromatic N) is 1. The fraction of sp³-hybridized carbons (Fsp3) is 0.571. The molecule has 4 nitrogen and oxygen atoms in total. The van der Waals surface area contributed by atoms with Crippen LogP contribution < -0.4 is 10.2 Å². The zero-order valence-corrected chi connectivity index (χ0v) is 12.7. The van der Waals surface area contributed by atoms with Gasteiger partial charge in [-0.3, -0.25) is 0 Å². The molecule has 2 rings (SSSR count). The Morgan fingerprint density at radius 2 is 2.10 bits per heavy atom. The first-order valence-corrected chi connectivity index (χ1v) is 8.82. The molecule has 0 unspecified atom stereocenters. The second kappa shape index (κ2) is 6.10. The molecule has 112 valence electrons. The Labute approximate surface area is 119 Å². The summed E-state index contributed by atoms with van der Waals surface area (Å²) in [6.45, 7) is 0.963. The van der Waals surface area contributed by atoms with Gasteiger partial charge in [0.1, 0.15) is 15.7 Å². The number of benzene rings is 1. The van der Waals surface area contributed by atoms with Crippen LogP contribution in [0.2, 0.25) is 0 Å². The standard InChI is InChI=1S/C14H21FN2O2S/c1-17(7-8-20(2,18)19)14-6-3-11(9-13(14)15)10-16-12-4-5-12/h3,6,9,12,16H,4-5,7-8,10H2,1-2H3. The van der Waals surface area contributed by atoms with Crippen LogP contribution in [-0.2, 0) is 16.4 Å². The average Bonchev–Trinajstić information content (AvgIpc) is 3.17. The largest absolute Gasteiger partial charge is 0.371 e. The summed E-state index contributed by atoms with van der Waals surface area (Å²) in [5.74, 6) is -0.287. The summed E-state index contributed by atoms with van der Waals surface area (Å²) in [7, 11) is -1.33. The SMILES string of the molecule is CN(CCS(C)(=O)=O)c1ccc(CNC2CC2)cc1F. The van der Waals surface area contributed by atoms with Crippen molar-refractivity contribution >= 4 is 15.5 Å². The Kier molecular flexibility index (Phi) is 4.65. The highest BCUT2D eigenvalue weighted by molar-refractivity contribution is 7.90. The fourth-order valence-corrected chi connectivity index (χ4v) is 2.55. The lowest BCUT2D eigenvalue weighted by Crippen LogP contribution is -2.25. The molecule has 0 amide bonds. The molecule has 6 heteroatoms. The summed E-state index contributed by atoms with van der Waals surface area (Å²) in [6.07, 6.45) is 3.59. The maximum atomic E-state index is 14.0. The first-order chi connectivity index (χ1) is 9.35. The summed E-state index contributed by atoms with van der Waals surface area (Å²) in [6, 6.07) is 5.70. The molecule has 1 saturated carbocycles. The molecule has 0 saturated heterocycles. The third-order valence-electron chi connectivity index (χ3n) is 3.39. The molecule has 0 radical (unpaired) electrons. The minimum absolute atomic E-state index is 0.0218. The van der Waals surface area contributed by atoms with Gasteiger partial charge in [0.25, 0.3) is 0 Å². The third kappa shape index (κ3) is 4.76. The predicted molar refractivity (Wildman–Crippen MR) is 79.2 cm³/mol. The van der Waals surface area contributed by atoms with E-state index in [2.05, 4.69) is 5.32 Å². The maximum Gasteiger partial charge on any atom is 0.149 e. The first kappa shape index (κ1) is 15.3. The number of halogens is 1. The molecule has 1 N–H and O–H groups in total. The van der Waals surface area contributed by atoms with Crippen LogP contribution in [0.25, 0.3) is 0 Å². The van der Waals surface area contributed by atoms with Crippen LogP contribution in [0.5, 0.6) is 0 Å². The molecule has 1 aliphatic carbocycles. The molecule has 1 aromatic carbocycles. The molecular weight excluding hydrogens is 279 g/mol. The monoisotopic (exact) mass is 300 g/mol. The van der Waals surface area contributed by atoms with Crippen molar-refractivity contribution in [1.29, 1.82) is 0 Å². The number of rotatable bonds is 7. The highest BCUT2D eigenvalue weighted by Gasteiger charge is 2.20. The summed E-state index contributed by atoms with van der Waals surface area (Å²) in [4.78, 5) is 1.63. The molecular formula is C14H21FN2O2S. The van der Waals surface area contributed by atoms with Crippen molar-refractivity contribution in [2.45, 2.75) is 25.4 Å². The van der Waals surface area contributed by atoms with E-state index in [-0.39, 0.29) is 18.1 Å². The molecule has 0 bridgehead atoms. The van der Waals surface area contributed by atoms with Crippen molar-refractivity contribution in [3.05, 3.63) is 29.6 Å². The van der Waals surface area contributed by atoms with Gasteiger partial charge in [-0.1, -0.05) is 6.07 Å². The Hall–Kier alpha value is -1.14. The highest BCUT2D eigenvalue weighted by atomic mass is 32.2. The number of hydrogen-bond donors (Lipinski definition) is 1. The van der Waals surface area contributed by atoms with Crippen molar-refractivity contribution in [2.75, 3.05) is 30.5 Å². The van der Waals surface area contributed by atoms with Crippen LogP contribution in [0.3, 0.4) is 0 Å². The quantitative estimate of drug-likeness (QED) is 0.830. The van der Waals surface area contributed by atoms with Gasteiger partial charge in [-0.25, -0.2) is 12.8 Å². The zero-order valence-electron chi connectivity index (χ0n) is 11.9. The van der Waals surface area contributed by atoms with Gasteiger partial charge in [-0.15, -0.1) is 0 Å². The second-order valence-corrected chi connectivity index (χ2v) is 7.75. The number of sulfone groups is 1. The summed E-state index contributed by atoms with van der Waals surface area (Å²) in [5.41, 5.74) is 1.35. The van der Waals surface area contributed by atoms with Gasteiger partial charge < -0.3 is 10.2 Å². The van der Waals surface area contributed by atoms with E-state index in [1.54, 1.807) is 18.0 Å². The number of hydrogen-bond acceptors (Lipinski definition) is 4. The van der Waals surface area contributed by atoms with Crippen molar-refractivity contribution in [3.63, 3.8) is 0 Å². The van der Waals surface area contributed by atoms with E-state index < -0.39 is 9.84 Å². The van der Waals surface area contributed by atoms with Crippen LogP contribution in [0.15, 0.2) is 18.2 Å². The maximum absolute atomic E-state index is 14.0. The van der Waals surface area contributed by atoms with Gasteiger partial charge in [-0.2, -0.15) is 0 Å². The molecule has 1 aromatic rings. The van der Waals surface area contributed by atoms with Gasteiger partial charge in [0.05, 0.1) is 11.4 Å². The smallest absolute Gasteiger partial charge is 0.149 e. The summed E-state index contributed by atoms with van der Waals surface area (Å²) >= 11 is 0. The fourth-order valence-electron chi connectivity index (χ4n) is 1.94. The molecule has 0 aromatic heterocycles. The second-order valence-electron chi connectivity index (χ2n) is 5.49. The Morgan fingerprint density at radius 3 is 2.65 bits per heavy atom. The third-order valence-corrected chi connectivity index (χ3v) is 4.32. The Balaban J connectivity index is 1.96. The number of nitrogens with one attached hydrogen (secondary N) is 1. The zero-order chi connectivity index (χ0) is 14.8. The highest BCUT2D eigenvalue weighted by Crippen LogP contribution is 2.22. The van der Waals surface area contributed by atoms with E-state index in [1.165, 1.54) is 25.2 Å². The van der Waals surface area contributed by atoms with Gasteiger partial charge >= 0.3 is 0 Å². The first-order valence-electron chi connectivity index (χ1n) is 6.76. The van der Waals surface area contributed by atoms with Crippen molar-refractivity contribution in [1.82, 2.24) is 5.32 Å². The molecule has 1 aliphatic rings. The Morgan fingerprint density at radius 1 is 1.40 bits per heavy atom. The lowest BCUT2D eigenvalue weighted by Gasteiger charge is -2.20. The number of anilines is 1. The van der Waals surface area contributed by atoms with Gasteiger partial charge in [-0.05, 0) is 30.5 Å². The van der Waals surface area contributed by atoms with Crippen molar-refractivity contribution in [3.8, 4) is 0 Å². The average molecular weight is 300 g/mol. The molecule has 0 aliphatic heterocycles. The lowest BCUT2D eigenvalue weighted by molar-refractivity contribution is 0.598. The van der Waals surface area contributed by atoms with Crippen LogP contribution in [0.1, 0.15) is 18.4 Å². The van der Waals surface area contributed by atoms with Gasteiger partial charge in [0.2, 0.25) is 0 Å². The van der Waals surface area contributed by atoms with Crippen molar-refractivity contribution in [2.24, 2.45) is 0 Å². The van der Waals surface area contributed by atoms with E-state index >= 15 is 0 Å². The van der Waals surface area contributed by atoms with E-state index in [0.29, 0.717) is 18.3 Å². The Bertz CT molecular complexity index is 571. The van der Waals surface area contributed by atoms with Crippen molar-refractivity contribution < 1.29 is 12.8 Å². The van der Waals surface area contributed by atoms with Crippen LogP contribution in [0, 0.1) is 5.82 Å². The molecule has 0 heterocycles. The van der Waals surface area contributed by atoms with Crippen LogP contribution in [0.4, 0.5) is 10.1 Å². The molecule has 0 spiro atoms. The molecule has 20 heavy (non-hydrogen) atoms.